The number of aryl methyl sites for hydroxylation is 3. The van der Waals surface area contributed by atoms with Gasteiger partial charge in [-0.25, -0.2) is 0 Å². The summed E-state index contributed by atoms with van der Waals surface area (Å²) in [4.78, 5) is 29.9. The molecule has 0 bridgehead atoms. The van der Waals surface area contributed by atoms with Gasteiger partial charge in [-0.2, -0.15) is 0 Å². The summed E-state index contributed by atoms with van der Waals surface area (Å²) in [6, 6.07) is 7.52. The summed E-state index contributed by atoms with van der Waals surface area (Å²) >= 11 is 0. The first kappa shape index (κ1) is 26.8. The van der Waals surface area contributed by atoms with Crippen molar-refractivity contribution in [1.29, 1.82) is 0 Å². The Morgan fingerprint density at radius 3 is 2.51 bits per heavy atom. The number of nitrogens with one attached hydrogen (secondary N) is 1. The fourth-order valence-corrected chi connectivity index (χ4v) is 4.43. The Labute approximate surface area is 208 Å². The lowest BCUT2D eigenvalue weighted by atomic mass is 9.99. The first-order chi connectivity index (χ1) is 16.7. The molecule has 1 atom stereocenters. The largest absolute Gasteiger partial charge is 0.461 e. The van der Waals surface area contributed by atoms with E-state index in [1.807, 2.05) is 44.3 Å². The summed E-state index contributed by atoms with van der Waals surface area (Å²) < 4.78 is 12.6. The number of esters is 1. The van der Waals surface area contributed by atoms with Crippen molar-refractivity contribution in [2.75, 3.05) is 13.7 Å². The second kappa shape index (κ2) is 12.3. The minimum absolute atomic E-state index is 0.00169. The predicted molar refractivity (Wildman–Crippen MR) is 139 cm³/mol. The Bertz CT molecular complexity index is 1090. The van der Waals surface area contributed by atoms with E-state index < -0.39 is 6.04 Å². The Hall–Kier alpha value is -2.77. The van der Waals surface area contributed by atoms with Crippen molar-refractivity contribution in [3.8, 4) is 0 Å². The number of rotatable bonds is 10. The highest BCUT2D eigenvalue weighted by atomic mass is 16.5. The van der Waals surface area contributed by atoms with Gasteiger partial charge < -0.3 is 14.0 Å². The van der Waals surface area contributed by atoms with Crippen LogP contribution in [0.25, 0.3) is 0 Å². The Morgan fingerprint density at radius 2 is 1.89 bits per heavy atom. The maximum atomic E-state index is 12.7. The van der Waals surface area contributed by atoms with Gasteiger partial charge in [0.05, 0.1) is 18.0 Å². The quantitative estimate of drug-likeness (QED) is 0.403. The second-order valence-corrected chi connectivity index (χ2v) is 9.83. The molecular formula is C28H39N3O4. The molecule has 0 radical (unpaired) electrons. The zero-order valence-electron chi connectivity index (χ0n) is 21.9. The van der Waals surface area contributed by atoms with E-state index in [2.05, 4.69) is 19.2 Å². The normalized spacial score (nSPS) is 15.6. The molecule has 1 N–H and O–H groups in total. The molecule has 0 amide bonds. The first-order valence-corrected chi connectivity index (χ1v) is 12.5. The van der Waals surface area contributed by atoms with Crippen LogP contribution in [0.4, 0.5) is 5.69 Å². The summed E-state index contributed by atoms with van der Waals surface area (Å²) in [5.41, 5.74) is 5.51. The van der Waals surface area contributed by atoms with Gasteiger partial charge in [0.15, 0.2) is 0 Å². The molecule has 7 heteroatoms. The molecule has 1 aliphatic carbocycles. The third-order valence-electron chi connectivity index (χ3n) is 6.47. The van der Waals surface area contributed by atoms with Crippen LogP contribution in [0.3, 0.4) is 0 Å². The molecule has 2 aromatic rings. The van der Waals surface area contributed by atoms with E-state index in [4.69, 9.17) is 14.5 Å². The molecule has 1 aromatic heterocycles. The Balaban J connectivity index is 1.80. The molecule has 190 valence electrons. The number of ether oxygens (including phenoxy) is 2. The highest BCUT2D eigenvalue weighted by Gasteiger charge is 2.25. The van der Waals surface area contributed by atoms with Gasteiger partial charge in [0.1, 0.15) is 12.1 Å². The average Bonchev–Trinajstić information content (AvgIpc) is 3.32. The Kier molecular flexibility index (Phi) is 9.40. The second-order valence-electron chi connectivity index (χ2n) is 9.83. The summed E-state index contributed by atoms with van der Waals surface area (Å²) in [7, 11) is 3.35. The summed E-state index contributed by atoms with van der Waals surface area (Å²) in [5.74, 6) is -0.0826. The molecule has 1 saturated carbocycles. The molecule has 0 spiro atoms. The molecule has 35 heavy (non-hydrogen) atoms. The van der Waals surface area contributed by atoms with Crippen LogP contribution in [0.15, 0.2) is 40.2 Å². The van der Waals surface area contributed by atoms with Crippen molar-refractivity contribution >= 4 is 17.4 Å². The van der Waals surface area contributed by atoms with Gasteiger partial charge >= 0.3 is 5.97 Å². The lowest BCUT2D eigenvalue weighted by Crippen LogP contribution is -2.42. The van der Waals surface area contributed by atoms with E-state index in [9.17, 15) is 9.59 Å². The van der Waals surface area contributed by atoms with Gasteiger partial charge in [0.25, 0.3) is 5.56 Å². The molecule has 1 heterocycles. The molecule has 1 unspecified atom stereocenters. The molecule has 7 nitrogen and oxygen atoms in total. The van der Waals surface area contributed by atoms with Crippen LogP contribution >= 0.6 is 0 Å². The van der Waals surface area contributed by atoms with Crippen LogP contribution in [0, 0.1) is 19.8 Å². The van der Waals surface area contributed by atoms with Gasteiger partial charge in [-0.1, -0.05) is 26.0 Å². The number of aliphatic imine (C=N–C) groups is 1. The molecule has 1 aromatic carbocycles. The first-order valence-electron chi connectivity index (χ1n) is 12.5. The lowest BCUT2D eigenvalue weighted by molar-refractivity contribution is -0.152. The maximum absolute atomic E-state index is 12.7. The smallest absolute Gasteiger partial charge is 0.325 e. The number of hydrogen-bond donors (Lipinski definition) is 1. The van der Waals surface area contributed by atoms with Crippen molar-refractivity contribution in [1.82, 2.24) is 9.88 Å². The summed E-state index contributed by atoms with van der Waals surface area (Å²) in [6.45, 7) is 8.82. The maximum Gasteiger partial charge on any atom is 0.325 e. The van der Waals surface area contributed by atoms with Crippen LogP contribution in [-0.4, -0.2) is 42.1 Å². The third kappa shape index (κ3) is 7.12. The molecule has 3 rings (SSSR count). The van der Waals surface area contributed by atoms with E-state index in [1.165, 1.54) is 0 Å². The van der Waals surface area contributed by atoms with E-state index in [0.717, 1.165) is 53.8 Å². The number of carbonyl (C=O) groups excluding carboxylic acids is 1. The van der Waals surface area contributed by atoms with Crippen molar-refractivity contribution in [3.05, 3.63) is 63.1 Å². The van der Waals surface area contributed by atoms with Crippen LogP contribution < -0.4 is 10.9 Å². The summed E-state index contributed by atoms with van der Waals surface area (Å²) in [5, 5.41) is 3.30. The third-order valence-corrected chi connectivity index (χ3v) is 6.47. The van der Waals surface area contributed by atoms with E-state index in [0.29, 0.717) is 12.1 Å². The average molecular weight is 482 g/mol. The minimum atomic E-state index is -0.520. The van der Waals surface area contributed by atoms with E-state index in [-0.39, 0.29) is 30.2 Å². The van der Waals surface area contributed by atoms with Gasteiger partial charge in [0, 0.05) is 38.0 Å². The predicted octanol–water partition coefficient (Wildman–Crippen LogP) is 4.37. The van der Waals surface area contributed by atoms with Gasteiger partial charge in [-0.05, 0) is 68.7 Å². The molecule has 0 aliphatic heterocycles. The van der Waals surface area contributed by atoms with Crippen LogP contribution in [0.5, 0.6) is 0 Å². The van der Waals surface area contributed by atoms with Gasteiger partial charge in [-0.15, -0.1) is 0 Å². The molecule has 1 fully saturated rings. The zero-order valence-corrected chi connectivity index (χ0v) is 21.9. The number of carbonyl (C=O) groups is 1. The standard InChI is InChI=1S/C28H39N3O4/c1-18(2)26(22-13-20(4)27(32)31(5)16-22)30-24-14-21(12-11-19(24)3)15-29-25(17-34-6)28(33)35-23-9-7-8-10-23/h11-14,16,18,23,25,29H,7-10,15,17H2,1-6H3. The SMILES string of the molecule is COCC(NCc1ccc(C)c(N=C(c2cc(C)c(=O)n(C)c2)C(C)C)c1)C(=O)OC1CCCC1. The van der Waals surface area contributed by atoms with Crippen LogP contribution in [-0.2, 0) is 27.9 Å². The lowest BCUT2D eigenvalue weighted by Gasteiger charge is -2.20. The van der Waals surface area contributed by atoms with E-state index in [1.54, 1.807) is 18.7 Å². The van der Waals surface area contributed by atoms with Crippen molar-refractivity contribution < 1.29 is 14.3 Å². The van der Waals surface area contributed by atoms with Crippen molar-refractivity contribution in [3.63, 3.8) is 0 Å². The van der Waals surface area contributed by atoms with Crippen LogP contribution in [0.1, 0.15) is 61.8 Å². The van der Waals surface area contributed by atoms with Gasteiger partial charge in [0.2, 0.25) is 0 Å². The molecule has 1 aliphatic rings. The number of aromatic nitrogens is 1. The van der Waals surface area contributed by atoms with Crippen molar-refractivity contribution in [2.45, 2.75) is 72.1 Å². The summed E-state index contributed by atoms with van der Waals surface area (Å²) in [6.07, 6.45) is 5.99. The monoisotopic (exact) mass is 481 g/mol. The fraction of sp³-hybridized carbons (Fsp3) is 0.536. The number of methoxy groups -OCH3 is 1. The number of benzene rings is 1. The van der Waals surface area contributed by atoms with Crippen LogP contribution in [0.2, 0.25) is 0 Å². The Morgan fingerprint density at radius 1 is 1.17 bits per heavy atom. The molecule has 0 saturated heterocycles. The number of pyridine rings is 1. The zero-order chi connectivity index (χ0) is 25.5. The number of nitrogens with zero attached hydrogens (tertiary/aromatic N) is 2. The fourth-order valence-electron chi connectivity index (χ4n) is 4.43. The van der Waals surface area contributed by atoms with Gasteiger partial charge in [-0.3, -0.25) is 19.9 Å². The number of hydrogen-bond acceptors (Lipinski definition) is 6. The minimum Gasteiger partial charge on any atom is -0.461 e. The van der Waals surface area contributed by atoms with E-state index >= 15 is 0 Å². The molecular weight excluding hydrogens is 442 g/mol. The highest BCUT2D eigenvalue weighted by Crippen LogP contribution is 2.24. The topological polar surface area (TPSA) is 81.9 Å². The van der Waals surface area contributed by atoms with Crippen molar-refractivity contribution in [2.24, 2.45) is 18.0 Å². The highest BCUT2D eigenvalue weighted by molar-refractivity contribution is 6.03.